The molecule has 4 rings (SSSR count). The molecule has 0 bridgehead atoms. The van der Waals surface area contributed by atoms with E-state index >= 15 is 0 Å². The first-order valence-corrected chi connectivity index (χ1v) is 9.66. The molecule has 4 saturated heterocycles. The Bertz CT molecular complexity index is 505. The molecule has 7 N–H and O–H groups in total. The molecule has 6 unspecified atom stereocenters. The normalized spacial score (nSPS) is 42.4. The maximum Gasteiger partial charge on any atom is 0.226 e. The van der Waals surface area contributed by atoms with Gasteiger partial charge < -0.3 is 37.4 Å². The van der Waals surface area contributed by atoms with E-state index in [1.807, 2.05) is 0 Å². The fourth-order valence-electron chi connectivity index (χ4n) is 4.75. The van der Waals surface area contributed by atoms with Crippen molar-refractivity contribution >= 4 is 5.91 Å². The zero-order valence-corrected chi connectivity index (χ0v) is 15.0. The minimum atomic E-state index is -0.984. The Balaban J connectivity index is 1.41. The predicted molar refractivity (Wildman–Crippen MR) is 95.5 cm³/mol. The van der Waals surface area contributed by atoms with E-state index in [4.69, 9.17) is 5.73 Å². The fourth-order valence-corrected chi connectivity index (χ4v) is 4.75. The van der Waals surface area contributed by atoms with E-state index < -0.39 is 18.3 Å². The highest BCUT2D eigenvalue weighted by molar-refractivity contribution is 5.81. The first-order valence-electron chi connectivity index (χ1n) is 9.66. The van der Waals surface area contributed by atoms with E-state index in [0.29, 0.717) is 11.8 Å². The number of alkyl halides is 1. The molecule has 9 nitrogen and oxygen atoms in total. The van der Waals surface area contributed by atoms with Crippen LogP contribution in [0.4, 0.5) is 4.39 Å². The van der Waals surface area contributed by atoms with Crippen LogP contribution in [0.25, 0.3) is 5.43 Å². The molecule has 6 atom stereocenters. The van der Waals surface area contributed by atoms with Gasteiger partial charge in [0.25, 0.3) is 0 Å². The average Bonchev–Trinajstić information content (AvgIpc) is 2.97. The smallest absolute Gasteiger partial charge is 0.226 e. The summed E-state index contributed by atoms with van der Waals surface area (Å²) in [6, 6.07) is 0.0710. The molecule has 0 aromatic carbocycles. The Morgan fingerprint density at radius 3 is 2.81 bits per heavy atom. The molecule has 0 radical (unpaired) electrons. The molecule has 10 heteroatoms. The number of piperidine rings is 1. The van der Waals surface area contributed by atoms with Crippen molar-refractivity contribution < 1.29 is 9.18 Å². The van der Waals surface area contributed by atoms with Gasteiger partial charge in [-0.3, -0.25) is 10.1 Å². The second-order valence-corrected chi connectivity index (χ2v) is 7.82. The quantitative estimate of drug-likeness (QED) is 0.329. The minimum absolute atomic E-state index is 0.0710. The molecular weight excluding hydrogens is 339 g/mol. The van der Waals surface area contributed by atoms with Gasteiger partial charge in [0.2, 0.25) is 5.91 Å². The SMILES string of the molecule is NC1[N-]N2CC(F)CNC2C1C(=O)NC1CNCCC1C1CNCNC1. The number of fused-ring (bicyclic) bond motifs is 1. The van der Waals surface area contributed by atoms with Crippen LogP contribution in [-0.2, 0) is 4.79 Å². The van der Waals surface area contributed by atoms with Crippen molar-refractivity contribution in [3.8, 4) is 0 Å². The molecule has 0 aliphatic carbocycles. The number of hydrogen-bond donors (Lipinski definition) is 6. The molecular formula is C16H30FN8O-. The number of rotatable bonds is 3. The highest BCUT2D eigenvalue weighted by Crippen LogP contribution is 2.31. The number of hydrogen-bond acceptors (Lipinski definition) is 7. The molecule has 148 valence electrons. The van der Waals surface area contributed by atoms with E-state index in [0.717, 1.165) is 39.3 Å². The molecule has 26 heavy (non-hydrogen) atoms. The average molecular weight is 369 g/mol. The van der Waals surface area contributed by atoms with Crippen LogP contribution in [0.3, 0.4) is 0 Å². The van der Waals surface area contributed by atoms with Crippen LogP contribution >= 0.6 is 0 Å². The third kappa shape index (κ3) is 3.72. The molecule has 4 heterocycles. The fraction of sp³-hybridized carbons (Fsp3) is 0.938. The topological polar surface area (TPSA) is 121 Å². The predicted octanol–water partition coefficient (Wildman–Crippen LogP) is -2.38. The van der Waals surface area contributed by atoms with Crippen molar-refractivity contribution in [1.82, 2.24) is 31.6 Å². The zero-order valence-electron chi connectivity index (χ0n) is 15.0. The van der Waals surface area contributed by atoms with Crippen molar-refractivity contribution in [2.45, 2.75) is 31.0 Å². The number of nitrogens with one attached hydrogen (secondary N) is 5. The summed E-state index contributed by atoms with van der Waals surface area (Å²) in [5.41, 5.74) is 10.4. The van der Waals surface area contributed by atoms with Gasteiger partial charge in [0.15, 0.2) is 0 Å². The van der Waals surface area contributed by atoms with E-state index in [2.05, 4.69) is 32.0 Å². The number of nitrogens with two attached hydrogens (primary N) is 1. The highest BCUT2D eigenvalue weighted by Gasteiger charge is 2.42. The zero-order chi connectivity index (χ0) is 18.1. The number of nitrogens with zero attached hydrogens (tertiary/aromatic N) is 2. The Morgan fingerprint density at radius 2 is 2.00 bits per heavy atom. The number of amides is 1. The highest BCUT2D eigenvalue weighted by atomic mass is 19.1. The summed E-state index contributed by atoms with van der Waals surface area (Å²) in [5, 5.41) is 18.1. The standard InChI is InChI=1S/C16H30FN8O/c17-10-5-22-15-13(14(18)24-25(15)7-10)16(26)23-12-6-19-2-1-11(12)9-3-20-8-21-4-9/h9-15,19-22H,1-8,18H2,(H,23,26)/q-1. The monoisotopic (exact) mass is 369 g/mol. The third-order valence-electron chi connectivity index (χ3n) is 6.08. The number of carbonyl (C=O) groups excluding carboxylic acids is 1. The first-order chi connectivity index (χ1) is 12.6. The van der Waals surface area contributed by atoms with E-state index in [1.54, 1.807) is 5.01 Å². The lowest BCUT2D eigenvalue weighted by Crippen LogP contribution is -2.61. The molecule has 4 aliphatic rings. The molecule has 4 aliphatic heterocycles. The van der Waals surface area contributed by atoms with Crippen LogP contribution in [0.15, 0.2) is 0 Å². The summed E-state index contributed by atoms with van der Waals surface area (Å²) in [5.74, 6) is 0.331. The molecule has 0 saturated carbocycles. The Morgan fingerprint density at radius 1 is 1.19 bits per heavy atom. The second-order valence-electron chi connectivity index (χ2n) is 7.82. The van der Waals surface area contributed by atoms with Crippen LogP contribution in [0.5, 0.6) is 0 Å². The molecule has 0 spiro atoms. The van der Waals surface area contributed by atoms with Crippen LogP contribution in [0, 0.1) is 17.8 Å². The van der Waals surface area contributed by atoms with Gasteiger partial charge in [0, 0.05) is 45.4 Å². The molecule has 0 aromatic rings. The summed E-state index contributed by atoms with van der Waals surface area (Å²) >= 11 is 0. The van der Waals surface area contributed by atoms with Crippen molar-refractivity contribution in [2.75, 3.05) is 45.9 Å². The van der Waals surface area contributed by atoms with E-state index in [9.17, 15) is 9.18 Å². The summed E-state index contributed by atoms with van der Waals surface area (Å²) in [7, 11) is 0. The lowest BCUT2D eigenvalue weighted by atomic mass is 9.80. The third-order valence-corrected chi connectivity index (χ3v) is 6.08. The van der Waals surface area contributed by atoms with Gasteiger partial charge in [-0.05, 0) is 24.8 Å². The van der Waals surface area contributed by atoms with Crippen LogP contribution in [0.2, 0.25) is 0 Å². The van der Waals surface area contributed by atoms with Crippen molar-refractivity contribution in [3.05, 3.63) is 5.43 Å². The van der Waals surface area contributed by atoms with Crippen LogP contribution in [-0.4, -0.2) is 81.4 Å². The number of halogens is 1. The van der Waals surface area contributed by atoms with Crippen molar-refractivity contribution in [2.24, 2.45) is 23.5 Å². The van der Waals surface area contributed by atoms with Gasteiger partial charge in [-0.25, -0.2) is 4.39 Å². The summed E-state index contributed by atoms with van der Waals surface area (Å²) < 4.78 is 13.6. The van der Waals surface area contributed by atoms with Gasteiger partial charge in [0.1, 0.15) is 6.17 Å². The maximum absolute atomic E-state index is 13.6. The Labute approximate surface area is 153 Å². The van der Waals surface area contributed by atoms with Gasteiger partial charge in [-0.2, -0.15) is 0 Å². The van der Waals surface area contributed by atoms with Crippen LogP contribution in [0.1, 0.15) is 6.42 Å². The van der Waals surface area contributed by atoms with Gasteiger partial charge in [-0.1, -0.05) is 6.17 Å². The van der Waals surface area contributed by atoms with Gasteiger partial charge in [-0.15, -0.1) is 0 Å². The van der Waals surface area contributed by atoms with Crippen molar-refractivity contribution in [1.29, 1.82) is 0 Å². The Kier molecular flexibility index (Phi) is 5.69. The van der Waals surface area contributed by atoms with E-state index in [1.165, 1.54) is 0 Å². The maximum atomic E-state index is 13.6. The number of carbonyl (C=O) groups is 1. The van der Waals surface area contributed by atoms with Crippen molar-refractivity contribution in [3.63, 3.8) is 0 Å². The molecule has 0 aromatic heterocycles. The molecule has 4 fully saturated rings. The van der Waals surface area contributed by atoms with Gasteiger partial charge >= 0.3 is 0 Å². The first kappa shape index (κ1) is 18.5. The van der Waals surface area contributed by atoms with Gasteiger partial charge in [0.05, 0.1) is 12.1 Å². The lowest BCUT2D eigenvalue weighted by molar-refractivity contribution is -0.128. The Hall–Kier alpha value is -0.880. The minimum Gasteiger partial charge on any atom is -0.578 e. The second kappa shape index (κ2) is 8.01. The summed E-state index contributed by atoms with van der Waals surface area (Å²) in [6.07, 6.45) is -0.893. The lowest BCUT2D eigenvalue weighted by Gasteiger charge is -2.42. The molecule has 1 amide bonds. The van der Waals surface area contributed by atoms with Crippen LogP contribution < -0.4 is 32.3 Å². The van der Waals surface area contributed by atoms with E-state index in [-0.39, 0.29) is 31.2 Å². The summed E-state index contributed by atoms with van der Waals surface area (Å²) in [4.78, 5) is 13.0. The largest absolute Gasteiger partial charge is 0.578 e. The summed E-state index contributed by atoms with van der Waals surface area (Å²) in [6.45, 7) is 4.95.